The smallest absolute Gasteiger partial charge is 0.322 e. The molecule has 4 amide bonds. The van der Waals surface area contributed by atoms with Gasteiger partial charge >= 0.3 is 6.03 Å². The van der Waals surface area contributed by atoms with Crippen molar-refractivity contribution < 1.29 is 18.8 Å². The lowest BCUT2D eigenvalue weighted by Crippen LogP contribution is -2.55. The molecule has 1 aromatic rings. The molecular weight excluding hydrogens is 375 g/mol. The van der Waals surface area contributed by atoms with Crippen LogP contribution in [0, 0.1) is 11.7 Å². The van der Waals surface area contributed by atoms with Crippen molar-refractivity contribution in [2.75, 3.05) is 18.4 Å². The van der Waals surface area contributed by atoms with Gasteiger partial charge in [-0.3, -0.25) is 19.8 Å². The van der Waals surface area contributed by atoms with Gasteiger partial charge in [0.1, 0.15) is 11.4 Å². The molecule has 3 N–H and O–H groups in total. The molecule has 2 aliphatic rings. The summed E-state index contributed by atoms with van der Waals surface area (Å²) in [6.45, 7) is 4.67. The zero-order valence-electron chi connectivity index (χ0n) is 15.1. The molecule has 2 saturated heterocycles. The van der Waals surface area contributed by atoms with Gasteiger partial charge in [0.25, 0.3) is 5.91 Å². The van der Waals surface area contributed by atoms with E-state index in [2.05, 4.69) is 16.0 Å². The Kier molecular flexibility index (Phi) is 5.39. The number of nitrogens with one attached hydrogen (secondary N) is 3. The van der Waals surface area contributed by atoms with E-state index in [0.717, 1.165) is 0 Å². The molecular formula is C18H22ClFN4O3. The Morgan fingerprint density at radius 2 is 2.04 bits per heavy atom. The molecule has 146 valence electrons. The minimum absolute atomic E-state index is 0.0131. The second-order valence-corrected chi connectivity index (χ2v) is 7.65. The standard InChI is InChI=1S/C18H22ClFN4O3/c1-10(15(25)21-14-9-12(19)3-4-13(14)20)24-7-5-11(6-8-24)18(2)16(26)22-17(27)23-18/h3-4,9-11H,5-8H2,1-2H3,(H,21,25)(H2,22,23,26,27). The summed E-state index contributed by atoms with van der Waals surface area (Å²) >= 11 is 5.85. The number of carbonyl (C=O) groups excluding carboxylic acids is 3. The predicted molar refractivity (Wildman–Crippen MR) is 98.9 cm³/mol. The number of carbonyl (C=O) groups is 3. The third-order valence-electron chi connectivity index (χ3n) is 5.53. The minimum Gasteiger partial charge on any atom is -0.323 e. The normalized spacial score (nSPS) is 25.0. The highest BCUT2D eigenvalue weighted by Gasteiger charge is 2.48. The first-order valence-electron chi connectivity index (χ1n) is 8.84. The Hall–Kier alpha value is -2.19. The fraction of sp³-hybridized carbons (Fsp3) is 0.500. The van der Waals surface area contributed by atoms with Crippen molar-refractivity contribution in [2.45, 2.75) is 38.3 Å². The van der Waals surface area contributed by atoms with E-state index in [0.29, 0.717) is 31.0 Å². The molecule has 9 heteroatoms. The molecule has 3 rings (SSSR count). The van der Waals surface area contributed by atoms with Gasteiger partial charge in [-0.1, -0.05) is 11.6 Å². The largest absolute Gasteiger partial charge is 0.323 e. The van der Waals surface area contributed by atoms with Crippen LogP contribution in [0.15, 0.2) is 18.2 Å². The van der Waals surface area contributed by atoms with Crippen LogP contribution in [-0.2, 0) is 9.59 Å². The van der Waals surface area contributed by atoms with Gasteiger partial charge in [-0.15, -0.1) is 0 Å². The number of nitrogens with zero attached hydrogens (tertiary/aromatic N) is 1. The average Bonchev–Trinajstić information content (AvgIpc) is 2.90. The fourth-order valence-electron chi connectivity index (χ4n) is 3.70. The number of anilines is 1. The summed E-state index contributed by atoms with van der Waals surface area (Å²) in [5.41, 5.74) is -0.870. The monoisotopic (exact) mass is 396 g/mol. The zero-order chi connectivity index (χ0) is 19.8. The Morgan fingerprint density at radius 3 is 2.63 bits per heavy atom. The van der Waals surface area contributed by atoms with E-state index in [1.807, 2.05) is 4.90 Å². The highest BCUT2D eigenvalue weighted by molar-refractivity contribution is 6.30. The molecule has 2 unspecified atom stereocenters. The Bertz CT molecular complexity index is 782. The van der Waals surface area contributed by atoms with Crippen molar-refractivity contribution in [3.8, 4) is 0 Å². The number of hydrogen-bond donors (Lipinski definition) is 3. The highest BCUT2D eigenvalue weighted by Crippen LogP contribution is 2.31. The van der Waals surface area contributed by atoms with E-state index in [1.54, 1.807) is 13.8 Å². The molecule has 0 bridgehead atoms. The minimum atomic E-state index is -0.918. The first-order valence-corrected chi connectivity index (χ1v) is 9.22. The molecule has 1 aromatic carbocycles. The summed E-state index contributed by atoms with van der Waals surface area (Å²) in [6, 6.07) is 3.05. The first kappa shape index (κ1) is 19.6. The summed E-state index contributed by atoms with van der Waals surface area (Å²) in [6.07, 6.45) is 1.32. The molecule has 2 atom stereocenters. The van der Waals surface area contributed by atoms with Gasteiger partial charge in [0.2, 0.25) is 5.91 Å². The summed E-state index contributed by atoms with van der Waals surface area (Å²) in [5, 5.41) is 7.90. The molecule has 7 nitrogen and oxygen atoms in total. The van der Waals surface area contributed by atoms with Crippen LogP contribution in [0.1, 0.15) is 26.7 Å². The molecule has 0 aromatic heterocycles. The number of urea groups is 1. The number of benzene rings is 1. The summed E-state index contributed by atoms with van der Waals surface area (Å²) in [4.78, 5) is 38.0. The number of amides is 4. The van der Waals surface area contributed by atoms with Crippen LogP contribution in [0.3, 0.4) is 0 Å². The predicted octanol–water partition coefficient (Wildman–Crippen LogP) is 2.12. The number of hydrogen-bond acceptors (Lipinski definition) is 4. The Balaban J connectivity index is 1.59. The summed E-state index contributed by atoms with van der Waals surface area (Å²) in [5.74, 6) is -1.20. The zero-order valence-corrected chi connectivity index (χ0v) is 15.9. The van der Waals surface area contributed by atoms with Crippen molar-refractivity contribution in [3.63, 3.8) is 0 Å². The molecule has 2 aliphatic heterocycles. The van der Waals surface area contributed by atoms with Crippen LogP contribution in [0.5, 0.6) is 0 Å². The van der Waals surface area contributed by atoms with Gasteiger partial charge in [-0.25, -0.2) is 9.18 Å². The Labute approximate surface area is 161 Å². The number of halogens is 2. The molecule has 0 saturated carbocycles. The molecule has 0 spiro atoms. The molecule has 2 fully saturated rings. The molecule has 2 heterocycles. The van der Waals surface area contributed by atoms with Gasteiger partial charge in [0.05, 0.1) is 11.7 Å². The van der Waals surface area contributed by atoms with Crippen molar-refractivity contribution in [1.82, 2.24) is 15.5 Å². The van der Waals surface area contributed by atoms with Crippen molar-refractivity contribution >= 4 is 35.1 Å². The third-order valence-corrected chi connectivity index (χ3v) is 5.77. The van der Waals surface area contributed by atoms with E-state index in [1.165, 1.54) is 18.2 Å². The van der Waals surface area contributed by atoms with E-state index < -0.39 is 23.4 Å². The van der Waals surface area contributed by atoms with E-state index >= 15 is 0 Å². The highest BCUT2D eigenvalue weighted by atomic mass is 35.5. The number of rotatable bonds is 4. The van der Waals surface area contributed by atoms with E-state index in [9.17, 15) is 18.8 Å². The molecule has 0 radical (unpaired) electrons. The molecule has 0 aliphatic carbocycles. The quantitative estimate of drug-likeness (QED) is 0.680. The SMILES string of the molecule is CC(C(=O)Nc1cc(Cl)ccc1F)N1CCC(C2(C)NC(=O)NC2=O)CC1. The number of likely N-dealkylation sites (tertiary alicyclic amines) is 1. The van der Waals surface area contributed by atoms with Crippen LogP contribution in [0.2, 0.25) is 5.02 Å². The lowest BCUT2D eigenvalue weighted by Gasteiger charge is -2.40. The van der Waals surface area contributed by atoms with Crippen molar-refractivity contribution in [2.24, 2.45) is 5.92 Å². The summed E-state index contributed by atoms with van der Waals surface area (Å²) in [7, 11) is 0. The molecule has 27 heavy (non-hydrogen) atoms. The number of imide groups is 1. The van der Waals surface area contributed by atoms with Crippen LogP contribution in [-0.4, -0.2) is 47.4 Å². The van der Waals surface area contributed by atoms with Gasteiger partial charge < -0.3 is 10.6 Å². The van der Waals surface area contributed by atoms with Gasteiger partial charge in [0, 0.05) is 5.02 Å². The van der Waals surface area contributed by atoms with Crippen molar-refractivity contribution in [3.05, 3.63) is 29.0 Å². The van der Waals surface area contributed by atoms with Crippen LogP contribution < -0.4 is 16.0 Å². The van der Waals surface area contributed by atoms with Crippen molar-refractivity contribution in [1.29, 1.82) is 0 Å². The maximum Gasteiger partial charge on any atom is 0.322 e. The maximum absolute atomic E-state index is 13.8. The van der Waals surface area contributed by atoms with E-state index in [4.69, 9.17) is 11.6 Å². The second-order valence-electron chi connectivity index (χ2n) is 7.21. The first-order chi connectivity index (χ1) is 12.7. The Morgan fingerprint density at radius 1 is 1.37 bits per heavy atom. The lowest BCUT2D eigenvalue weighted by molar-refractivity contribution is -0.127. The fourth-order valence-corrected chi connectivity index (χ4v) is 3.88. The summed E-state index contributed by atoms with van der Waals surface area (Å²) < 4.78 is 13.8. The van der Waals surface area contributed by atoms with Gasteiger partial charge in [0.15, 0.2) is 0 Å². The van der Waals surface area contributed by atoms with Crippen LogP contribution >= 0.6 is 11.6 Å². The van der Waals surface area contributed by atoms with E-state index in [-0.39, 0.29) is 23.4 Å². The second kappa shape index (κ2) is 7.44. The maximum atomic E-state index is 13.8. The lowest BCUT2D eigenvalue weighted by atomic mass is 9.79. The van der Waals surface area contributed by atoms with Crippen LogP contribution in [0.4, 0.5) is 14.9 Å². The topological polar surface area (TPSA) is 90.5 Å². The van der Waals surface area contributed by atoms with Crippen LogP contribution in [0.25, 0.3) is 0 Å². The third kappa shape index (κ3) is 3.91. The van der Waals surface area contributed by atoms with Gasteiger partial charge in [-0.2, -0.15) is 0 Å². The average molecular weight is 397 g/mol. The van der Waals surface area contributed by atoms with Gasteiger partial charge in [-0.05, 0) is 63.9 Å². The number of piperidine rings is 1.